The molecular weight excluding hydrogens is 322 g/mol. The van der Waals surface area contributed by atoms with E-state index in [0.29, 0.717) is 5.02 Å². The van der Waals surface area contributed by atoms with E-state index in [1.165, 1.54) is 0 Å². The molecule has 0 atom stereocenters. The minimum absolute atomic E-state index is 0.0444. The van der Waals surface area contributed by atoms with Gasteiger partial charge in [-0.2, -0.15) is 0 Å². The van der Waals surface area contributed by atoms with Crippen molar-refractivity contribution < 1.29 is 5.11 Å². The number of rotatable bonds is 3. The minimum atomic E-state index is 0.0444. The molecule has 0 fully saturated rings. The van der Waals surface area contributed by atoms with Crippen molar-refractivity contribution in [2.24, 2.45) is 0 Å². The molecule has 0 aliphatic carbocycles. The maximum Gasteiger partial charge on any atom is 0.101 e. The first-order valence-electron chi connectivity index (χ1n) is 4.88. The molecule has 0 unspecified atom stereocenters. The fraction of sp³-hybridized carbons (Fsp3) is 0.0833. The SMILES string of the molecule is OCc1ccc(Sc2ccc(Cl)cn2)c(Br)c1. The van der Waals surface area contributed by atoms with Gasteiger partial charge >= 0.3 is 0 Å². The Morgan fingerprint density at radius 3 is 2.71 bits per heavy atom. The summed E-state index contributed by atoms with van der Waals surface area (Å²) in [7, 11) is 0. The number of benzene rings is 1. The quantitative estimate of drug-likeness (QED) is 0.918. The van der Waals surface area contributed by atoms with Crippen LogP contribution in [0.2, 0.25) is 5.02 Å². The van der Waals surface area contributed by atoms with Crippen LogP contribution >= 0.6 is 39.3 Å². The van der Waals surface area contributed by atoms with Crippen molar-refractivity contribution in [2.75, 3.05) is 0 Å². The molecule has 1 heterocycles. The summed E-state index contributed by atoms with van der Waals surface area (Å²) in [6.45, 7) is 0.0444. The van der Waals surface area contributed by atoms with Crippen LogP contribution in [0, 0.1) is 0 Å². The van der Waals surface area contributed by atoms with E-state index in [4.69, 9.17) is 16.7 Å². The zero-order valence-corrected chi connectivity index (χ0v) is 11.9. The predicted octanol–water partition coefficient (Wildman–Crippen LogP) is 4.14. The van der Waals surface area contributed by atoms with Crippen molar-refractivity contribution in [3.63, 3.8) is 0 Å². The second kappa shape index (κ2) is 5.87. The second-order valence-electron chi connectivity index (χ2n) is 3.34. The van der Waals surface area contributed by atoms with E-state index in [2.05, 4.69) is 20.9 Å². The molecule has 0 radical (unpaired) electrons. The molecule has 2 aromatic rings. The van der Waals surface area contributed by atoms with Crippen molar-refractivity contribution in [2.45, 2.75) is 16.5 Å². The summed E-state index contributed by atoms with van der Waals surface area (Å²) in [5.74, 6) is 0. The summed E-state index contributed by atoms with van der Waals surface area (Å²) in [6.07, 6.45) is 1.62. The van der Waals surface area contributed by atoms with E-state index in [9.17, 15) is 0 Å². The van der Waals surface area contributed by atoms with E-state index in [1.54, 1.807) is 18.0 Å². The van der Waals surface area contributed by atoms with Crippen LogP contribution in [0.4, 0.5) is 0 Å². The van der Waals surface area contributed by atoms with Gasteiger partial charge in [0.25, 0.3) is 0 Å². The Morgan fingerprint density at radius 2 is 2.12 bits per heavy atom. The lowest BCUT2D eigenvalue weighted by Gasteiger charge is -2.05. The average molecular weight is 331 g/mol. The number of pyridine rings is 1. The molecule has 0 bridgehead atoms. The molecule has 2 nitrogen and oxygen atoms in total. The monoisotopic (exact) mass is 329 g/mol. The molecule has 0 saturated heterocycles. The lowest BCUT2D eigenvalue weighted by Crippen LogP contribution is -1.85. The second-order valence-corrected chi connectivity index (χ2v) is 5.69. The third kappa shape index (κ3) is 3.45. The average Bonchev–Trinajstić information content (AvgIpc) is 2.34. The number of nitrogens with zero attached hydrogens (tertiary/aromatic N) is 1. The first kappa shape index (κ1) is 12.9. The van der Waals surface area contributed by atoms with Crippen molar-refractivity contribution in [1.29, 1.82) is 0 Å². The van der Waals surface area contributed by atoms with Gasteiger partial charge in [-0.05, 0) is 45.8 Å². The molecule has 0 spiro atoms. The first-order valence-corrected chi connectivity index (χ1v) is 6.86. The highest BCUT2D eigenvalue weighted by molar-refractivity contribution is 9.10. The molecule has 17 heavy (non-hydrogen) atoms. The van der Waals surface area contributed by atoms with Crippen molar-refractivity contribution in [3.05, 3.63) is 51.6 Å². The smallest absolute Gasteiger partial charge is 0.101 e. The van der Waals surface area contributed by atoms with Gasteiger partial charge in [0.2, 0.25) is 0 Å². The summed E-state index contributed by atoms with van der Waals surface area (Å²) < 4.78 is 0.950. The van der Waals surface area contributed by atoms with Crippen LogP contribution in [0.1, 0.15) is 5.56 Å². The molecule has 0 amide bonds. The lowest BCUT2D eigenvalue weighted by atomic mass is 10.2. The number of hydrogen-bond acceptors (Lipinski definition) is 3. The summed E-state index contributed by atoms with van der Waals surface area (Å²) in [5, 5.41) is 10.5. The molecule has 0 aliphatic heterocycles. The zero-order chi connectivity index (χ0) is 12.3. The Morgan fingerprint density at radius 1 is 1.29 bits per heavy atom. The van der Waals surface area contributed by atoms with Gasteiger partial charge < -0.3 is 5.11 Å². The van der Waals surface area contributed by atoms with E-state index >= 15 is 0 Å². The van der Waals surface area contributed by atoms with Crippen LogP contribution in [0.15, 0.2) is 50.9 Å². The molecule has 1 aromatic carbocycles. The van der Waals surface area contributed by atoms with Crippen LogP contribution in [-0.4, -0.2) is 10.1 Å². The van der Waals surface area contributed by atoms with Crippen molar-refractivity contribution in [1.82, 2.24) is 4.98 Å². The van der Waals surface area contributed by atoms with Gasteiger partial charge in [0, 0.05) is 15.6 Å². The molecule has 0 saturated carbocycles. The number of aliphatic hydroxyl groups is 1. The summed E-state index contributed by atoms with van der Waals surface area (Å²) in [6, 6.07) is 9.43. The Labute approximate surface area is 117 Å². The van der Waals surface area contributed by atoms with Gasteiger partial charge in [0.15, 0.2) is 0 Å². The number of aliphatic hydroxyl groups excluding tert-OH is 1. The number of hydrogen-bond donors (Lipinski definition) is 1. The fourth-order valence-corrected chi connectivity index (χ4v) is 2.80. The molecule has 88 valence electrons. The lowest BCUT2D eigenvalue weighted by molar-refractivity contribution is 0.281. The first-order chi connectivity index (χ1) is 8.19. The highest BCUT2D eigenvalue weighted by Crippen LogP contribution is 2.33. The topological polar surface area (TPSA) is 33.1 Å². The molecular formula is C12H9BrClNOS. The molecule has 1 aromatic heterocycles. The highest BCUT2D eigenvalue weighted by atomic mass is 79.9. The van der Waals surface area contributed by atoms with Crippen LogP contribution in [0.5, 0.6) is 0 Å². The number of aromatic nitrogens is 1. The van der Waals surface area contributed by atoms with Crippen LogP contribution in [-0.2, 0) is 6.61 Å². The van der Waals surface area contributed by atoms with Gasteiger partial charge in [0.05, 0.1) is 11.6 Å². The van der Waals surface area contributed by atoms with Crippen molar-refractivity contribution >= 4 is 39.3 Å². The Hall–Kier alpha value is -0.550. The largest absolute Gasteiger partial charge is 0.392 e. The summed E-state index contributed by atoms with van der Waals surface area (Å²) >= 11 is 10.8. The Balaban J connectivity index is 2.21. The van der Waals surface area contributed by atoms with E-state index in [-0.39, 0.29) is 6.61 Å². The third-order valence-electron chi connectivity index (χ3n) is 2.09. The van der Waals surface area contributed by atoms with E-state index in [0.717, 1.165) is 20.0 Å². The Bertz CT molecular complexity index is 518. The van der Waals surface area contributed by atoms with Crippen molar-refractivity contribution in [3.8, 4) is 0 Å². The molecule has 1 N–H and O–H groups in total. The maximum atomic E-state index is 9.02. The highest BCUT2D eigenvalue weighted by Gasteiger charge is 2.04. The summed E-state index contributed by atoms with van der Waals surface area (Å²) in [4.78, 5) is 5.27. The summed E-state index contributed by atoms with van der Waals surface area (Å²) in [5.41, 5.74) is 0.880. The third-order valence-corrected chi connectivity index (χ3v) is 4.26. The molecule has 2 rings (SSSR count). The maximum absolute atomic E-state index is 9.02. The van der Waals surface area contributed by atoms with Crippen LogP contribution in [0.25, 0.3) is 0 Å². The van der Waals surface area contributed by atoms with Crippen LogP contribution < -0.4 is 0 Å². The zero-order valence-electron chi connectivity index (χ0n) is 8.73. The van der Waals surface area contributed by atoms with Gasteiger partial charge in [-0.1, -0.05) is 29.4 Å². The van der Waals surface area contributed by atoms with E-state index in [1.807, 2.05) is 30.3 Å². The Kier molecular flexibility index (Phi) is 4.45. The van der Waals surface area contributed by atoms with Gasteiger partial charge in [0.1, 0.15) is 5.03 Å². The predicted molar refractivity (Wildman–Crippen MR) is 73.4 cm³/mol. The normalized spacial score (nSPS) is 10.5. The van der Waals surface area contributed by atoms with Gasteiger partial charge in [-0.25, -0.2) is 4.98 Å². The fourth-order valence-electron chi connectivity index (χ4n) is 1.26. The van der Waals surface area contributed by atoms with Gasteiger partial charge in [-0.15, -0.1) is 0 Å². The number of halogens is 2. The standard InChI is InChI=1S/C12H9BrClNOS/c13-10-5-8(7-16)1-3-11(10)17-12-4-2-9(14)6-15-12/h1-6,16H,7H2. The van der Waals surface area contributed by atoms with Crippen LogP contribution in [0.3, 0.4) is 0 Å². The molecule has 5 heteroatoms. The van der Waals surface area contributed by atoms with E-state index < -0.39 is 0 Å². The van der Waals surface area contributed by atoms with Gasteiger partial charge in [-0.3, -0.25) is 0 Å². The minimum Gasteiger partial charge on any atom is -0.392 e. The molecule has 0 aliphatic rings.